The van der Waals surface area contributed by atoms with Crippen LogP contribution in [0, 0.1) is 6.92 Å². The van der Waals surface area contributed by atoms with Crippen LogP contribution in [0.15, 0.2) is 48.5 Å². The zero-order chi connectivity index (χ0) is 20.4. The molecule has 28 heavy (non-hydrogen) atoms. The molecule has 0 bridgehead atoms. The van der Waals surface area contributed by atoms with Gasteiger partial charge in [0, 0.05) is 36.3 Å². The summed E-state index contributed by atoms with van der Waals surface area (Å²) >= 11 is 0. The fourth-order valence-electron chi connectivity index (χ4n) is 2.52. The quantitative estimate of drug-likeness (QED) is 0.583. The Hall–Kier alpha value is -3.15. The molecule has 3 amide bonds. The van der Waals surface area contributed by atoms with Gasteiger partial charge in [-0.2, -0.15) is 0 Å². The molecule has 0 unspecified atom stereocenters. The summed E-state index contributed by atoms with van der Waals surface area (Å²) in [6, 6.07) is 14.0. The second-order valence-corrected chi connectivity index (χ2v) is 6.61. The average Bonchev–Trinajstić information content (AvgIpc) is 2.70. The van der Waals surface area contributed by atoms with Crippen molar-refractivity contribution in [2.75, 3.05) is 18.4 Å². The second kappa shape index (κ2) is 10.9. The highest BCUT2D eigenvalue weighted by atomic mass is 16.2. The monoisotopic (exact) mass is 381 g/mol. The predicted octanol–water partition coefficient (Wildman–Crippen LogP) is 3.28. The number of nitrogens with one attached hydrogen (secondary N) is 3. The summed E-state index contributed by atoms with van der Waals surface area (Å²) in [6.07, 6.45) is 2.36. The number of carbonyl (C=O) groups excluding carboxylic acids is 3. The molecule has 0 aliphatic rings. The maximum absolute atomic E-state index is 12.2. The van der Waals surface area contributed by atoms with Crippen molar-refractivity contribution in [3.05, 3.63) is 65.2 Å². The van der Waals surface area contributed by atoms with E-state index >= 15 is 0 Å². The molecule has 0 radical (unpaired) electrons. The van der Waals surface area contributed by atoms with Gasteiger partial charge in [-0.05, 0) is 49.7 Å². The fraction of sp³-hybridized carbons (Fsp3) is 0.318. The molecule has 0 spiro atoms. The van der Waals surface area contributed by atoms with E-state index in [0.29, 0.717) is 36.3 Å². The number of hydrogen-bond acceptors (Lipinski definition) is 3. The number of benzene rings is 2. The summed E-state index contributed by atoms with van der Waals surface area (Å²) in [6.45, 7) is 4.76. The lowest BCUT2D eigenvalue weighted by Gasteiger charge is -2.09. The van der Waals surface area contributed by atoms with Crippen LogP contribution in [-0.2, 0) is 4.79 Å². The van der Waals surface area contributed by atoms with Crippen LogP contribution in [0.1, 0.15) is 52.5 Å². The minimum absolute atomic E-state index is 0.00442. The van der Waals surface area contributed by atoms with Gasteiger partial charge in [0.05, 0.1) is 0 Å². The Balaban J connectivity index is 1.78. The van der Waals surface area contributed by atoms with Crippen LogP contribution in [0.25, 0.3) is 0 Å². The van der Waals surface area contributed by atoms with Gasteiger partial charge in [0.2, 0.25) is 5.91 Å². The molecule has 2 rings (SSSR count). The molecule has 0 heterocycles. The molecule has 148 valence electrons. The van der Waals surface area contributed by atoms with Gasteiger partial charge >= 0.3 is 0 Å². The van der Waals surface area contributed by atoms with Gasteiger partial charge in [0.15, 0.2) is 0 Å². The average molecular weight is 381 g/mol. The van der Waals surface area contributed by atoms with E-state index in [1.54, 1.807) is 36.4 Å². The number of rotatable bonds is 9. The van der Waals surface area contributed by atoms with Crippen LogP contribution in [-0.4, -0.2) is 30.8 Å². The molecule has 2 aromatic carbocycles. The summed E-state index contributed by atoms with van der Waals surface area (Å²) in [5.74, 6) is -0.417. The minimum Gasteiger partial charge on any atom is -0.354 e. The van der Waals surface area contributed by atoms with Crippen molar-refractivity contribution < 1.29 is 14.4 Å². The Morgan fingerprint density at radius 1 is 0.786 bits per heavy atom. The van der Waals surface area contributed by atoms with Crippen LogP contribution in [0.2, 0.25) is 0 Å². The lowest BCUT2D eigenvalue weighted by atomic mass is 10.1. The number of hydrogen-bond donors (Lipinski definition) is 3. The van der Waals surface area contributed by atoms with E-state index in [0.717, 1.165) is 18.4 Å². The molecule has 6 heteroatoms. The van der Waals surface area contributed by atoms with Crippen molar-refractivity contribution >= 4 is 23.4 Å². The number of unbranched alkanes of at least 4 members (excludes halogenated alkanes) is 1. The standard InChI is InChI=1S/C22H27N3O3/c1-3-4-5-20(26)23-14-15-24-21(27)17-10-12-19(13-11-17)25-22(28)18-8-6-16(2)7-9-18/h6-13H,3-5,14-15H2,1-2H3,(H,23,26)(H,24,27)(H,25,28). The van der Waals surface area contributed by atoms with Gasteiger partial charge in [0.25, 0.3) is 11.8 Å². The first-order valence-electron chi connectivity index (χ1n) is 9.52. The molecule has 0 aliphatic heterocycles. The molecule has 0 aromatic heterocycles. The molecular formula is C22H27N3O3. The summed E-state index contributed by atoms with van der Waals surface area (Å²) in [4.78, 5) is 35.9. The number of amides is 3. The predicted molar refractivity (Wildman–Crippen MR) is 110 cm³/mol. The van der Waals surface area contributed by atoms with E-state index in [1.807, 2.05) is 26.0 Å². The molecule has 6 nitrogen and oxygen atoms in total. The molecule has 0 aliphatic carbocycles. The van der Waals surface area contributed by atoms with Gasteiger partial charge in [-0.1, -0.05) is 31.0 Å². The number of aryl methyl sites for hydroxylation is 1. The van der Waals surface area contributed by atoms with Gasteiger partial charge in [0.1, 0.15) is 0 Å². The van der Waals surface area contributed by atoms with Gasteiger partial charge < -0.3 is 16.0 Å². The van der Waals surface area contributed by atoms with E-state index in [-0.39, 0.29) is 17.7 Å². The van der Waals surface area contributed by atoms with Crippen molar-refractivity contribution in [2.24, 2.45) is 0 Å². The summed E-state index contributed by atoms with van der Waals surface area (Å²) in [5.41, 5.74) is 2.77. The molecule has 2 aromatic rings. The highest BCUT2D eigenvalue weighted by Crippen LogP contribution is 2.12. The Labute approximate surface area is 165 Å². The topological polar surface area (TPSA) is 87.3 Å². The van der Waals surface area contributed by atoms with Gasteiger partial charge in [-0.25, -0.2) is 0 Å². The maximum Gasteiger partial charge on any atom is 0.255 e. The van der Waals surface area contributed by atoms with Crippen LogP contribution in [0.4, 0.5) is 5.69 Å². The maximum atomic E-state index is 12.2. The van der Waals surface area contributed by atoms with Crippen LogP contribution in [0.3, 0.4) is 0 Å². The smallest absolute Gasteiger partial charge is 0.255 e. The van der Waals surface area contributed by atoms with Crippen molar-refractivity contribution in [1.82, 2.24) is 10.6 Å². The largest absolute Gasteiger partial charge is 0.354 e. The zero-order valence-electron chi connectivity index (χ0n) is 16.4. The lowest BCUT2D eigenvalue weighted by Crippen LogP contribution is -2.34. The Bertz CT molecular complexity index is 799. The number of anilines is 1. The van der Waals surface area contributed by atoms with E-state index in [1.165, 1.54) is 0 Å². The van der Waals surface area contributed by atoms with Crippen molar-refractivity contribution in [3.8, 4) is 0 Å². The van der Waals surface area contributed by atoms with E-state index in [9.17, 15) is 14.4 Å². The zero-order valence-corrected chi connectivity index (χ0v) is 16.4. The lowest BCUT2D eigenvalue weighted by molar-refractivity contribution is -0.121. The highest BCUT2D eigenvalue weighted by molar-refractivity contribution is 6.04. The first kappa shape index (κ1) is 21.2. The van der Waals surface area contributed by atoms with Crippen LogP contribution in [0.5, 0.6) is 0 Å². The SMILES string of the molecule is CCCCC(=O)NCCNC(=O)c1ccc(NC(=O)c2ccc(C)cc2)cc1. The summed E-state index contributed by atoms with van der Waals surface area (Å²) < 4.78 is 0. The third kappa shape index (κ3) is 6.87. The Morgan fingerprint density at radius 2 is 1.36 bits per heavy atom. The minimum atomic E-state index is -0.223. The normalized spacial score (nSPS) is 10.2. The summed E-state index contributed by atoms with van der Waals surface area (Å²) in [7, 11) is 0. The first-order chi connectivity index (χ1) is 13.5. The fourth-order valence-corrected chi connectivity index (χ4v) is 2.52. The van der Waals surface area contributed by atoms with Crippen LogP contribution >= 0.6 is 0 Å². The highest BCUT2D eigenvalue weighted by Gasteiger charge is 2.08. The van der Waals surface area contributed by atoms with Crippen molar-refractivity contribution in [1.29, 1.82) is 0 Å². The molecule has 0 saturated carbocycles. The van der Waals surface area contributed by atoms with E-state index in [2.05, 4.69) is 16.0 Å². The van der Waals surface area contributed by atoms with Gasteiger partial charge in [-0.3, -0.25) is 14.4 Å². The van der Waals surface area contributed by atoms with Crippen LogP contribution < -0.4 is 16.0 Å². The Kier molecular flexibility index (Phi) is 8.21. The van der Waals surface area contributed by atoms with Crippen molar-refractivity contribution in [2.45, 2.75) is 33.1 Å². The molecule has 0 saturated heterocycles. The molecule has 0 atom stereocenters. The summed E-state index contributed by atoms with van der Waals surface area (Å²) in [5, 5.41) is 8.34. The van der Waals surface area contributed by atoms with Crippen molar-refractivity contribution in [3.63, 3.8) is 0 Å². The third-order valence-electron chi connectivity index (χ3n) is 4.21. The molecule has 0 fully saturated rings. The van der Waals surface area contributed by atoms with E-state index in [4.69, 9.17) is 0 Å². The molecule has 3 N–H and O–H groups in total. The second-order valence-electron chi connectivity index (χ2n) is 6.61. The van der Waals surface area contributed by atoms with Gasteiger partial charge in [-0.15, -0.1) is 0 Å². The number of carbonyl (C=O) groups is 3. The molecular weight excluding hydrogens is 354 g/mol. The van der Waals surface area contributed by atoms with E-state index < -0.39 is 0 Å². The first-order valence-corrected chi connectivity index (χ1v) is 9.52. The third-order valence-corrected chi connectivity index (χ3v) is 4.21. The Morgan fingerprint density at radius 3 is 2.00 bits per heavy atom.